The molecule has 1 atom stereocenters. The Labute approximate surface area is 72.6 Å². The summed E-state index contributed by atoms with van der Waals surface area (Å²) < 4.78 is 0. The minimum Gasteiger partial charge on any atom is -0.319 e. The maximum atomic E-state index is 10.7. The fourth-order valence-electron chi connectivity index (χ4n) is 1.16. The van der Waals surface area contributed by atoms with Gasteiger partial charge in [-0.2, -0.15) is 0 Å². The number of hydrogen-bond donors (Lipinski definition) is 1. The van der Waals surface area contributed by atoms with Crippen molar-refractivity contribution in [3.63, 3.8) is 0 Å². The van der Waals surface area contributed by atoms with E-state index in [0.717, 1.165) is 11.8 Å². The van der Waals surface area contributed by atoms with Gasteiger partial charge in [0.2, 0.25) is 0 Å². The lowest BCUT2D eigenvalue weighted by Gasteiger charge is -2.08. The molecule has 0 aliphatic carbocycles. The summed E-state index contributed by atoms with van der Waals surface area (Å²) >= 11 is 0. The number of carbonyl (C=O) groups excluding carboxylic acids is 1. The highest BCUT2D eigenvalue weighted by atomic mass is 16.1. The third-order valence-corrected chi connectivity index (χ3v) is 1.82. The molecule has 0 radical (unpaired) electrons. The topological polar surface area (TPSA) is 29.1 Å². The molecule has 0 saturated heterocycles. The van der Waals surface area contributed by atoms with E-state index in [1.54, 1.807) is 0 Å². The number of nitrogens with one attached hydrogen (secondary N) is 1. The second-order valence-electron chi connectivity index (χ2n) is 2.71. The van der Waals surface area contributed by atoms with Crippen LogP contribution in [0.2, 0.25) is 0 Å². The van der Waals surface area contributed by atoms with Crippen molar-refractivity contribution >= 4 is 6.29 Å². The molecular weight excluding hydrogens is 150 g/mol. The zero-order valence-electron chi connectivity index (χ0n) is 7.16. The van der Waals surface area contributed by atoms with E-state index in [9.17, 15) is 4.79 Å². The van der Waals surface area contributed by atoms with Crippen LogP contribution >= 0.6 is 0 Å². The predicted octanol–water partition coefficient (Wildman–Crippen LogP) is 1.19. The number of benzene rings is 1. The van der Waals surface area contributed by atoms with Gasteiger partial charge in [0.25, 0.3) is 0 Å². The van der Waals surface area contributed by atoms with Gasteiger partial charge < -0.3 is 10.1 Å². The van der Waals surface area contributed by atoms with Crippen LogP contribution in [0.15, 0.2) is 30.3 Å². The maximum absolute atomic E-state index is 10.7. The van der Waals surface area contributed by atoms with Gasteiger partial charge in [-0.05, 0) is 12.6 Å². The number of hydrogen-bond acceptors (Lipinski definition) is 2. The van der Waals surface area contributed by atoms with Crippen molar-refractivity contribution in [1.29, 1.82) is 0 Å². The third kappa shape index (κ3) is 2.17. The molecule has 1 aromatic rings. The monoisotopic (exact) mass is 163 g/mol. The Balaban J connectivity index is 2.73. The van der Waals surface area contributed by atoms with Gasteiger partial charge in [0.15, 0.2) is 0 Å². The third-order valence-electron chi connectivity index (χ3n) is 1.82. The predicted molar refractivity (Wildman–Crippen MR) is 49.2 cm³/mol. The molecule has 1 N–H and O–H groups in total. The van der Waals surface area contributed by atoms with Gasteiger partial charge in [-0.15, -0.1) is 0 Å². The Hall–Kier alpha value is -1.15. The van der Waals surface area contributed by atoms with Crippen molar-refractivity contribution in [1.82, 2.24) is 5.32 Å². The van der Waals surface area contributed by atoms with Crippen molar-refractivity contribution in [3.8, 4) is 0 Å². The number of likely N-dealkylation sites (N-methyl/N-ethyl adjacent to an activating group) is 1. The van der Waals surface area contributed by atoms with Crippen LogP contribution in [0.4, 0.5) is 0 Å². The Morgan fingerprint density at radius 1 is 1.42 bits per heavy atom. The summed E-state index contributed by atoms with van der Waals surface area (Å²) in [6, 6.07) is 9.78. The van der Waals surface area contributed by atoms with Gasteiger partial charge >= 0.3 is 0 Å². The molecule has 64 valence electrons. The van der Waals surface area contributed by atoms with Crippen molar-refractivity contribution in [2.45, 2.75) is 5.92 Å². The summed E-state index contributed by atoms with van der Waals surface area (Å²) in [6.07, 6.45) is 0.978. The quantitative estimate of drug-likeness (QED) is 0.675. The first kappa shape index (κ1) is 8.94. The highest BCUT2D eigenvalue weighted by Gasteiger charge is 2.07. The minimum atomic E-state index is -0.0174. The van der Waals surface area contributed by atoms with Crippen LogP contribution in [0.3, 0.4) is 0 Å². The van der Waals surface area contributed by atoms with Crippen molar-refractivity contribution in [3.05, 3.63) is 35.9 Å². The lowest BCUT2D eigenvalue weighted by atomic mass is 10.0. The molecule has 0 aromatic heterocycles. The highest BCUT2D eigenvalue weighted by Crippen LogP contribution is 2.10. The highest BCUT2D eigenvalue weighted by molar-refractivity contribution is 5.62. The molecular formula is C10H13NO. The molecule has 0 aliphatic heterocycles. The van der Waals surface area contributed by atoms with E-state index in [2.05, 4.69) is 5.32 Å². The molecule has 2 nitrogen and oxygen atoms in total. The first-order valence-electron chi connectivity index (χ1n) is 4.03. The van der Waals surface area contributed by atoms with Crippen LogP contribution in [0.1, 0.15) is 11.5 Å². The summed E-state index contributed by atoms with van der Waals surface area (Å²) in [7, 11) is 1.85. The maximum Gasteiger partial charge on any atom is 0.128 e. The van der Waals surface area contributed by atoms with Crippen molar-refractivity contribution in [2.75, 3.05) is 13.6 Å². The van der Waals surface area contributed by atoms with E-state index in [-0.39, 0.29) is 5.92 Å². The summed E-state index contributed by atoms with van der Waals surface area (Å²) in [4.78, 5) is 10.7. The molecule has 0 saturated carbocycles. The van der Waals surface area contributed by atoms with Gasteiger partial charge in [-0.1, -0.05) is 30.3 Å². The molecule has 0 fully saturated rings. The average molecular weight is 163 g/mol. The number of carbonyl (C=O) groups is 1. The molecule has 1 unspecified atom stereocenters. The number of rotatable bonds is 4. The van der Waals surface area contributed by atoms with Gasteiger partial charge in [0.1, 0.15) is 6.29 Å². The molecule has 0 amide bonds. The largest absolute Gasteiger partial charge is 0.319 e. The molecule has 0 bridgehead atoms. The van der Waals surface area contributed by atoms with E-state index >= 15 is 0 Å². The molecule has 1 rings (SSSR count). The Kier molecular flexibility index (Phi) is 3.48. The molecule has 12 heavy (non-hydrogen) atoms. The van der Waals surface area contributed by atoms with Crippen LogP contribution in [0.25, 0.3) is 0 Å². The van der Waals surface area contributed by atoms with Gasteiger partial charge in [-0.25, -0.2) is 0 Å². The van der Waals surface area contributed by atoms with Crippen molar-refractivity contribution in [2.24, 2.45) is 0 Å². The normalized spacial score (nSPS) is 12.4. The van der Waals surface area contributed by atoms with Crippen LogP contribution in [-0.2, 0) is 4.79 Å². The summed E-state index contributed by atoms with van der Waals surface area (Å²) in [5.41, 5.74) is 1.07. The zero-order chi connectivity index (χ0) is 8.81. The SMILES string of the molecule is CNCC(C=O)c1ccccc1. The molecule has 2 heteroatoms. The van der Waals surface area contributed by atoms with E-state index in [1.165, 1.54) is 0 Å². The van der Waals surface area contributed by atoms with Crippen LogP contribution < -0.4 is 5.32 Å². The van der Waals surface area contributed by atoms with E-state index in [0.29, 0.717) is 6.54 Å². The Morgan fingerprint density at radius 3 is 2.58 bits per heavy atom. The lowest BCUT2D eigenvalue weighted by Crippen LogP contribution is -2.17. The van der Waals surface area contributed by atoms with Crippen LogP contribution in [0, 0.1) is 0 Å². The summed E-state index contributed by atoms with van der Waals surface area (Å²) in [5, 5.41) is 2.99. The lowest BCUT2D eigenvalue weighted by molar-refractivity contribution is -0.109. The van der Waals surface area contributed by atoms with Gasteiger partial charge in [0.05, 0.1) is 5.92 Å². The van der Waals surface area contributed by atoms with E-state index in [1.807, 2.05) is 37.4 Å². The van der Waals surface area contributed by atoms with E-state index < -0.39 is 0 Å². The second-order valence-corrected chi connectivity index (χ2v) is 2.71. The Morgan fingerprint density at radius 2 is 2.08 bits per heavy atom. The number of aldehydes is 1. The standard InChI is InChI=1S/C10H13NO/c1-11-7-10(8-12)9-5-3-2-4-6-9/h2-6,8,10-11H,7H2,1H3. The fourth-order valence-corrected chi connectivity index (χ4v) is 1.16. The smallest absolute Gasteiger partial charge is 0.128 e. The minimum absolute atomic E-state index is 0.0174. The summed E-state index contributed by atoms with van der Waals surface area (Å²) in [5.74, 6) is -0.0174. The molecule has 0 aliphatic rings. The van der Waals surface area contributed by atoms with Crippen LogP contribution in [0.5, 0.6) is 0 Å². The van der Waals surface area contributed by atoms with Crippen molar-refractivity contribution < 1.29 is 4.79 Å². The van der Waals surface area contributed by atoms with E-state index in [4.69, 9.17) is 0 Å². The molecule has 0 spiro atoms. The fraction of sp³-hybridized carbons (Fsp3) is 0.300. The average Bonchev–Trinajstić information content (AvgIpc) is 2.15. The molecule has 0 heterocycles. The van der Waals surface area contributed by atoms with Gasteiger partial charge in [0, 0.05) is 6.54 Å². The Bertz CT molecular complexity index is 233. The first-order chi connectivity index (χ1) is 5.88. The zero-order valence-corrected chi connectivity index (χ0v) is 7.16. The first-order valence-corrected chi connectivity index (χ1v) is 4.03. The van der Waals surface area contributed by atoms with Crippen LogP contribution in [-0.4, -0.2) is 19.9 Å². The second kappa shape index (κ2) is 4.67. The summed E-state index contributed by atoms with van der Waals surface area (Å²) in [6.45, 7) is 0.702. The van der Waals surface area contributed by atoms with Gasteiger partial charge in [-0.3, -0.25) is 0 Å². The molecule has 1 aromatic carbocycles.